The van der Waals surface area contributed by atoms with Crippen LogP contribution in [0.4, 0.5) is 0 Å². The summed E-state index contributed by atoms with van der Waals surface area (Å²) in [4.78, 5) is 14.5. The van der Waals surface area contributed by atoms with Crippen molar-refractivity contribution in [3.63, 3.8) is 0 Å². The first-order valence-corrected chi connectivity index (χ1v) is 4.33. The minimum absolute atomic E-state index is 0.229. The van der Waals surface area contributed by atoms with Gasteiger partial charge >= 0.3 is 0 Å². The first-order valence-electron chi connectivity index (χ1n) is 3.96. The van der Waals surface area contributed by atoms with Gasteiger partial charge in [-0.05, 0) is 12.1 Å². The van der Waals surface area contributed by atoms with Crippen molar-refractivity contribution >= 4 is 17.9 Å². The number of halogens is 1. The van der Waals surface area contributed by atoms with Crippen LogP contribution in [0.25, 0.3) is 11.3 Å². The van der Waals surface area contributed by atoms with Gasteiger partial charge in [0.1, 0.15) is 5.69 Å². The van der Waals surface area contributed by atoms with Crippen LogP contribution in [0.2, 0.25) is 5.02 Å². The number of hydrogen-bond donors (Lipinski definition) is 0. The Bertz CT molecular complexity index is 447. The van der Waals surface area contributed by atoms with Crippen LogP contribution >= 0.6 is 11.6 Å². The molecule has 70 valence electrons. The molecule has 1 heterocycles. The van der Waals surface area contributed by atoms with Crippen molar-refractivity contribution in [3.05, 3.63) is 41.4 Å². The predicted molar refractivity (Wildman–Crippen MR) is 52.3 cm³/mol. The molecule has 14 heavy (non-hydrogen) atoms. The number of benzene rings is 1. The molecule has 2 rings (SSSR count). The fourth-order valence-electron chi connectivity index (χ4n) is 1.16. The van der Waals surface area contributed by atoms with Gasteiger partial charge in [-0.3, -0.25) is 4.79 Å². The number of rotatable bonds is 2. The standard InChI is InChI=1S/C10H6ClNO2/c11-8-3-1-7(2-4-8)10-9(5-13)14-6-12-10/h1-6H. The molecule has 0 atom stereocenters. The van der Waals surface area contributed by atoms with Crippen molar-refractivity contribution < 1.29 is 9.21 Å². The number of oxazole rings is 1. The third-order valence-corrected chi connectivity index (χ3v) is 2.07. The largest absolute Gasteiger partial charge is 0.440 e. The zero-order valence-corrected chi connectivity index (χ0v) is 7.86. The predicted octanol–water partition coefficient (Wildman–Crippen LogP) is 2.81. The average Bonchev–Trinajstić information content (AvgIpc) is 2.67. The molecule has 0 amide bonds. The minimum atomic E-state index is 0.229. The monoisotopic (exact) mass is 207 g/mol. The maximum Gasteiger partial charge on any atom is 0.194 e. The van der Waals surface area contributed by atoms with Crippen molar-refractivity contribution in [2.75, 3.05) is 0 Å². The maximum atomic E-state index is 10.6. The van der Waals surface area contributed by atoms with Crippen LogP contribution in [0.1, 0.15) is 10.6 Å². The second-order valence-electron chi connectivity index (χ2n) is 2.69. The van der Waals surface area contributed by atoms with Gasteiger partial charge in [0.05, 0.1) is 0 Å². The van der Waals surface area contributed by atoms with E-state index in [0.29, 0.717) is 17.0 Å². The lowest BCUT2D eigenvalue weighted by Gasteiger charge is -1.96. The molecule has 2 aromatic rings. The van der Waals surface area contributed by atoms with Crippen molar-refractivity contribution in [1.82, 2.24) is 4.98 Å². The fraction of sp³-hybridized carbons (Fsp3) is 0. The molecule has 0 saturated carbocycles. The van der Waals surface area contributed by atoms with E-state index in [9.17, 15) is 4.79 Å². The lowest BCUT2D eigenvalue weighted by molar-refractivity contribution is 0.110. The molecular weight excluding hydrogens is 202 g/mol. The molecule has 0 aliphatic carbocycles. The molecule has 0 spiro atoms. The zero-order valence-electron chi connectivity index (χ0n) is 7.11. The number of nitrogens with zero attached hydrogens (tertiary/aromatic N) is 1. The SMILES string of the molecule is O=Cc1ocnc1-c1ccc(Cl)cc1. The second kappa shape index (κ2) is 3.64. The van der Waals surface area contributed by atoms with Crippen molar-refractivity contribution in [3.8, 4) is 11.3 Å². The summed E-state index contributed by atoms with van der Waals surface area (Å²) in [7, 11) is 0. The van der Waals surface area contributed by atoms with E-state index >= 15 is 0 Å². The topological polar surface area (TPSA) is 43.1 Å². The van der Waals surface area contributed by atoms with E-state index in [0.717, 1.165) is 5.56 Å². The summed E-state index contributed by atoms with van der Waals surface area (Å²) in [6.07, 6.45) is 1.88. The van der Waals surface area contributed by atoms with Crippen LogP contribution in [0.15, 0.2) is 35.1 Å². The quantitative estimate of drug-likeness (QED) is 0.712. The van der Waals surface area contributed by atoms with Crippen molar-refractivity contribution in [2.24, 2.45) is 0 Å². The number of hydrogen-bond acceptors (Lipinski definition) is 3. The molecule has 1 aromatic heterocycles. The Labute approximate surface area is 85.3 Å². The highest BCUT2D eigenvalue weighted by molar-refractivity contribution is 6.30. The van der Waals surface area contributed by atoms with Crippen LogP contribution in [-0.4, -0.2) is 11.3 Å². The summed E-state index contributed by atoms with van der Waals surface area (Å²) < 4.78 is 4.89. The Morgan fingerprint density at radius 1 is 1.29 bits per heavy atom. The van der Waals surface area contributed by atoms with E-state index in [2.05, 4.69) is 4.98 Å². The highest BCUT2D eigenvalue weighted by atomic mass is 35.5. The number of carbonyl (C=O) groups is 1. The van der Waals surface area contributed by atoms with E-state index < -0.39 is 0 Å². The average molecular weight is 208 g/mol. The Kier molecular flexibility index (Phi) is 2.33. The number of aldehydes is 1. The van der Waals surface area contributed by atoms with Crippen LogP contribution < -0.4 is 0 Å². The molecule has 0 saturated heterocycles. The molecule has 4 heteroatoms. The number of carbonyl (C=O) groups excluding carboxylic acids is 1. The maximum absolute atomic E-state index is 10.6. The van der Waals surface area contributed by atoms with Gasteiger partial charge in [0.25, 0.3) is 0 Å². The lowest BCUT2D eigenvalue weighted by Crippen LogP contribution is -1.83. The lowest BCUT2D eigenvalue weighted by atomic mass is 10.1. The molecule has 0 radical (unpaired) electrons. The molecule has 0 fully saturated rings. The number of aromatic nitrogens is 1. The van der Waals surface area contributed by atoms with Gasteiger partial charge in [-0.2, -0.15) is 0 Å². The molecule has 3 nitrogen and oxygen atoms in total. The third kappa shape index (κ3) is 1.54. The Balaban J connectivity index is 2.49. The molecule has 0 aliphatic heterocycles. The Morgan fingerprint density at radius 3 is 2.64 bits per heavy atom. The van der Waals surface area contributed by atoms with Gasteiger partial charge in [0, 0.05) is 10.6 Å². The van der Waals surface area contributed by atoms with Gasteiger partial charge in [-0.1, -0.05) is 23.7 Å². The van der Waals surface area contributed by atoms with E-state index in [1.807, 2.05) is 0 Å². The first-order chi connectivity index (χ1) is 6.81. The van der Waals surface area contributed by atoms with Crippen LogP contribution in [-0.2, 0) is 0 Å². The Morgan fingerprint density at radius 2 is 2.00 bits per heavy atom. The van der Waals surface area contributed by atoms with E-state index in [1.165, 1.54) is 6.39 Å². The van der Waals surface area contributed by atoms with E-state index in [1.54, 1.807) is 24.3 Å². The van der Waals surface area contributed by atoms with Crippen molar-refractivity contribution in [2.45, 2.75) is 0 Å². The summed E-state index contributed by atoms with van der Waals surface area (Å²) in [5.41, 5.74) is 1.35. The molecule has 0 bridgehead atoms. The molecule has 0 unspecified atom stereocenters. The van der Waals surface area contributed by atoms with Crippen LogP contribution in [0, 0.1) is 0 Å². The van der Waals surface area contributed by atoms with Crippen molar-refractivity contribution in [1.29, 1.82) is 0 Å². The molecule has 0 N–H and O–H groups in total. The molecular formula is C10H6ClNO2. The molecule has 0 aliphatic rings. The summed E-state index contributed by atoms with van der Waals surface area (Å²) in [6.45, 7) is 0. The zero-order chi connectivity index (χ0) is 9.97. The summed E-state index contributed by atoms with van der Waals surface area (Å²) in [5, 5.41) is 0.643. The highest BCUT2D eigenvalue weighted by Gasteiger charge is 2.08. The van der Waals surface area contributed by atoms with Gasteiger partial charge in [-0.15, -0.1) is 0 Å². The summed E-state index contributed by atoms with van der Waals surface area (Å²) >= 11 is 5.73. The van der Waals surface area contributed by atoms with E-state index in [-0.39, 0.29) is 5.76 Å². The van der Waals surface area contributed by atoms with Crippen LogP contribution in [0.3, 0.4) is 0 Å². The first kappa shape index (κ1) is 8.97. The normalized spacial score (nSPS) is 10.1. The Hall–Kier alpha value is -1.61. The summed E-state index contributed by atoms with van der Waals surface area (Å²) in [5.74, 6) is 0.229. The van der Waals surface area contributed by atoms with Gasteiger partial charge in [0.2, 0.25) is 0 Å². The fourth-order valence-corrected chi connectivity index (χ4v) is 1.29. The van der Waals surface area contributed by atoms with E-state index in [4.69, 9.17) is 16.0 Å². The smallest absolute Gasteiger partial charge is 0.194 e. The van der Waals surface area contributed by atoms with Crippen LogP contribution in [0.5, 0.6) is 0 Å². The second-order valence-corrected chi connectivity index (χ2v) is 3.13. The minimum Gasteiger partial charge on any atom is -0.440 e. The van der Waals surface area contributed by atoms with Gasteiger partial charge in [-0.25, -0.2) is 4.98 Å². The molecule has 1 aromatic carbocycles. The third-order valence-electron chi connectivity index (χ3n) is 1.82. The highest BCUT2D eigenvalue weighted by Crippen LogP contribution is 2.22. The summed E-state index contributed by atoms with van der Waals surface area (Å²) in [6, 6.07) is 7.04. The van der Waals surface area contributed by atoms with Gasteiger partial charge in [0.15, 0.2) is 18.4 Å². The van der Waals surface area contributed by atoms with Gasteiger partial charge < -0.3 is 4.42 Å².